The fourth-order valence-electron chi connectivity index (χ4n) is 2.93. The molecule has 80 valence electrons. The van der Waals surface area contributed by atoms with Crippen LogP contribution in [-0.2, 0) is 4.79 Å². The Morgan fingerprint density at radius 2 is 2.21 bits per heavy atom. The summed E-state index contributed by atoms with van der Waals surface area (Å²) in [7, 11) is 0. The van der Waals surface area contributed by atoms with Gasteiger partial charge in [0.15, 0.2) is 0 Å². The van der Waals surface area contributed by atoms with Crippen LogP contribution in [0.25, 0.3) is 0 Å². The minimum Gasteiger partial charge on any atom is -0.353 e. The summed E-state index contributed by atoms with van der Waals surface area (Å²) >= 11 is 5.55. The Hall–Kier alpha value is -0.240. The second kappa shape index (κ2) is 4.52. The molecule has 2 rings (SSSR count). The summed E-state index contributed by atoms with van der Waals surface area (Å²) in [5.74, 6) is 2.46. The third-order valence-corrected chi connectivity index (χ3v) is 3.89. The van der Waals surface area contributed by atoms with Crippen molar-refractivity contribution in [3.05, 3.63) is 0 Å². The Morgan fingerprint density at radius 1 is 1.36 bits per heavy atom. The summed E-state index contributed by atoms with van der Waals surface area (Å²) in [6.07, 6.45) is 6.67. The number of nitrogens with one attached hydrogen (secondary N) is 1. The zero-order valence-electron chi connectivity index (χ0n) is 8.47. The quantitative estimate of drug-likeness (QED) is 0.717. The smallest absolute Gasteiger partial charge is 0.220 e. The first-order valence-electron chi connectivity index (χ1n) is 5.65. The molecule has 3 heteroatoms. The summed E-state index contributed by atoms with van der Waals surface area (Å²) in [6, 6.07) is 0.483. The van der Waals surface area contributed by atoms with Gasteiger partial charge in [-0.15, -0.1) is 11.6 Å². The van der Waals surface area contributed by atoms with Crippen molar-refractivity contribution in [2.24, 2.45) is 11.8 Å². The zero-order valence-corrected chi connectivity index (χ0v) is 9.22. The number of alkyl halides is 1. The summed E-state index contributed by atoms with van der Waals surface area (Å²) in [4.78, 5) is 11.5. The number of amides is 1. The molecule has 1 N–H and O–H groups in total. The lowest BCUT2D eigenvalue weighted by atomic mass is 9.95. The Balaban J connectivity index is 1.73. The van der Waals surface area contributed by atoms with E-state index in [1.54, 1.807) is 0 Å². The normalized spacial score (nSPS) is 34.8. The van der Waals surface area contributed by atoms with Gasteiger partial charge in [0, 0.05) is 18.3 Å². The molecule has 2 bridgehead atoms. The zero-order chi connectivity index (χ0) is 9.97. The van der Waals surface area contributed by atoms with Crippen molar-refractivity contribution in [2.45, 2.75) is 44.6 Å². The first-order valence-corrected chi connectivity index (χ1v) is 6.18. The lowest BCUT2D eigenvalue weighted by molar-refractivity contribution is -0.122. The minimum absolute atomic E-state index is 0.197. The second-order valence-electron chi connectivity index (χ2n) is 4.64. The molecule has 0 heterocycles. The number of rotatable bonds is 4. The Kier molecular flexibility index (Phi) is 3.32. The van der Waals surface area contributed by atoms with E-state index in [0.29, 0.717) is 18.3 Å². The van der Waals surface area contributed by atoms with Gasteiger partial charge in [0.2, 0.25) is 5.91 Å². The molecule has 2 saturated carbocycles. The highest BCUT2D eigenvalue weighted by Gasteiger charge is 2.39. The van der Waals surface area contributed by atoms with Crippen molar-refractivity contribution < 1.29 is 4.79 Å². The Morgan fingerprint density at radius 3 is 2.79 bits per heavy atom. The van der Waals surface area contributed by atoms with Crippen molar-refractivity contribution in [3.63, 3.8) is 0 Å². The number of fused-ring (bicyclic) bond motifs is 2. The van der Waals surface area contributed by atoms with Crippen molar-refractivity contribution in [1.29, 1.82) is 0 Å². The van der Waals surface area contributed by atoms with Crippen molar-refractivity contribution in [1.82, 2.24) is 5.32 Å². The molecule has 0 aromatic heterocycles. The summed E-state index contributed by atoms with van der Waals surface area (Å²) in [5.41, 5.74) is 0. The molecular weight excluding hydrogens is 198 g/mol. The first kappa shape index (κ1) is 10.3. The molecule has 2 aliphatic carbocycles. The summed E-state index contributed by atoms with van der Waals surface area (Å²) in [6.45, 7) is 0. The predicted octanol–water partition coefficient (Wildman–Crippen LogP) is 2.31. The summed E-state index contributed by atoms with van der Waals surface area (Å²) in [5, 5.41) is 3.15. The number of carbonyl (C=O) groups is 1. The van der Waals surface area contributed by atoms with Gasteiger partial charge in [-0.05, 0) is 37.5 Å². The number of halogens is 1. The van der Waals surface area contributed by atoms with E-state index in [2.05, 4.69) is 5.32 Å². The van der Waals surface area contributed by atoms with Gasteiger partial charge in [-0.2, -0.15) is 0 Å². The third-order valence-electron chi connectivity index (χ3n) is 3.62. The molecule has 2 aliphatic rings. The lowest BCUT2D eigenvalue weighted by Crippen LogP contribution is -2.38. The molecule has 0 aromatic rings. The molecule has 3 unspecified atom stereocenters. The third kappa shape index (κ3) is 2.22. The lowest BCUT2D eigenvalue weighted by Gasteiger charge is -2.22. The van der Waals surface area contributed by atoms with E-state index in [4.69, 9.17) is 11.6 Å². The average Bonchev–Trinajstić information content (AvgIpc) is 2.76. The summed E-state index contributed by atoms with van der Waals surface area (Å²) < 4.78 is 0. The average molecular weight is 216 g/mol. The SMILES string of the molecule is O=C(CCCCl)NC1CC2CCC1C2. The molecule has 0 aromatic carbocycles. The maximum Gasteiger partial charge on any atom is 0.220 e. The highest BCUT2D eigenvalue weighted by molar-refractivity contribution is 6.17. The maximum atomic E-state index is 11.5. The largest absolute Gasteiger partial charge is 0.353 e. The molecule has 0 aliphatic heterocycles. The van der Waals surface area contributed by atoms with Crippen LogP contribution in [0.15, 0.2) is 0 Å². The van der Waals surface area contributed by atoms with Crippen LogP contribution >= 0.6 is 11.6 Å². The van der Waals surface area contributed by atoms with Crippen LogP contribution in [0.4, 0.5) is 0 Å². The first-order chi connectivity index (χ1) is 6.79. The fourth-order valence-corrected chi connectivity index (χ4v) is 3.06. The molecule has 0 spiro atoms. The van der Waals surface area contributed by atoms with E-state index in [1.165, 1.54) is 25.7 Å². The van der Waals surface area contributed by atoms with E-state index in [0.717, 1.165) is 18.3 Å². The van der Waals surface area contributed by atoms with Crippen LogP contribution in [-0.4, -0.2) is 17.8 Å². The number of hydrogen-bond donors (Lipinski definition) is 1. The van der Waals surface area contributed by atoms with Crippen LogP contribution < -0.4 is 5.32 Å². The van der Waals surface area contributed by atoms with Crippen LogP contribution in [0.2, 0.25) is 0 Å². The Labute approximate surface area is 90.4 Å². The maximum absolute atomic E-state index is 11.5. The van der Waals surface area contributed by atoms with Crippen LogP contribution in [0.5, 0.6) is 0 Å². The standard InChI is InChI=1S/C11H18ClNO/c12-5-1-2-11(14)13-10-7-8-3-4-9(10)6-8/h8-10H,1-7H2,(H,13,14). The van der Waals surface area contributed by atoms with Gasteiger partial charge in [0.1, 0.15) is 0 Å². The molecule has 0 saturated heterocycles. The number of carbonyl (C=O) groups excluding carboxylic acids is 1. The van der Waals surface area contributed by atoms with E-state index in [9.17, 15) is 4.79 Å². The van der Waals surface area contributed by atoms with Crippen LogP contribution in [0, 0.1) is 11.8 Å². The minimum atomic E-state index is 0.197. The van der Waals surface area contributed by atoms with Gasteiger partial charge >= 0.3 is 0 Å². The molecule has 0 radical (unpaired) electrons. The van der Waals surface area contributed by atoms with E-state index in [1.807, 2.05) is 0 Å². The highest BCUT2D eigenvalue weighted by Crippen LogP contribution is 2.44. The van der Waals surface area contributed by atoms with Gasteiger partial charge in [-0.1, -0.05) is 6.42 Å². The van der Waals surface area contributed by atoms with E-state index in [-0.39, 0.29) is 5.91 Å². The predicted molar refractivity (Wildman–Crippen MR) is 57.3 cm³/mol. The van der Waals surface area contributed by atoms with Gasteiger partial charge in [0.25, 0.3) is 0 Å². The van der Waals surface area contributed by atoms with E-state index < -0.39 is 0 Å². The van der Waals surface area contributed by atoms with E-state index >= 15 is 0 Å². The highest BCUT2D eigenvalue weighted by atomic mass is 35.5. The van der Waals surface area contributed by atoms with Crippen LogP contribution in [0.3, 0.4) is 0 Å². The topological polar surface area (TPSA) is 29.1 Å². The van der Waals surface area contributed by atoms with Crippen molar-refractivity contribution >= 4 is 17.5 Å². The second-order valence-corrected chi connectivity index (χ2v) is 5.02. The van der Waals surface area contributed by atoms with Gasteiger partial charge in [0.05, 0.1) is 0 Å². The van der Waals surface area contributed by atoms with Crippen LogP contribution in [0.1, 0.15) is 38.5 Å². The Bertz CT molecular complexity index is 219. The van der Waals surface area contributed by atoms with Crippen molar-refractivity contribution in [2.75, 3.05) is 5.88 Å². The molecule has 1 amide bonds. The van der Waals surface area contributed by atoms with Gasteiger partial charge in [-0.3, -0.25) is 4.79 Å². The number of hydrogen-bond acceptors (Lipinski definition) is 1. The molecule has 14 heavy (non-hydrogen) atoms. The monoisotopic (exact) mass is 215 g/mol. The van der Waals surface area contributed by atoms with Gasteiger partial charge < -0.3 is 5.32 Å². The molecular formula is C11H18ClNO. The van der Waals surface area contributed by atoms with Gasteiger partial charge in [-0.25, -0.2) is 0 Å². The fraction of sp³-hybridized carbons (Fsp3) is 0.909. The molecule has 3 atom stereocenters. The van der Waals surface area contributed by atoms with Crippen molar-refractivity contribution in [3.8, 4) is 0 Å². The molecule has 2 nitrogen and oxygen atoms in total. The molecule has 2 fully saturated rings.